The molecule has 1 aliphatic carbocycles. The van der Waals surface area contributed by atoms with Crippen molar-refractivity contribution >= 4 is 0 Å². The van der Waals surface area contributed by atoms with E-state index in [0.717, 1.165) is 19.0 Å². The van der Waals surface area contributed by atoms with Crippen molar-refractivity contribution in [1.82, 2.24) is 10.2 Å². The summed E-state index contributed by atoms with van der Waals surface area (Å²) in [6.07, 6.45) is 2.86. The molecule has 2 nitrogen and oxygen atoms in total. The molecule has 0 heterocycles. The average molecular weight is 246 g/mol. The molecule has 0 amide bonds. The van der Waals surface area contributed by atoms with Gasteiger partial charge in [0.25, 0.3) is 0 Å². The third kappa shape index (κ3) is 3.82. The van der Waals surface area contributed by atoms with Crippen LogP contribution in [-0.4, -0.2) is 24.5 Å². The molecule has 1 aromatic rings. The minimum Gasteiger partial charge on any atom is -0.316 e. The Balaban J connectivity index is 2.04. The summed E-state index contributed by atoms with van der Waals surface area (Å²) in [6.45, 7) is 7.94. The van der Waals surface area contributed by atoms with Crippen LogP contribution in [0.2, 0.25) is 0 Å². The lowest BCUT2D eigenvalue weighted by Crippen LogP contribution is -2.32. The van der Waals surface area contributed by atoms with Crippen LogP contribution in [0.25, 0.3) is 0 Å². The molecule has 1 fully saturated rings. The Kier molecular flexibility index (Phi) is 4.79. The van der Waals surface area contributed by atoms with Crippen LogP contribution in [0.3, 0.4) is 0 Å². The minimum atomic E-state index is 0.633. The van der Waals surface area contributed by atoms with Crippen LogP contribution in [0.1, 0.15) is 37.8 Å². The molecule has 1 N–H and O–H groups in total. The van der Waals surface area contributed by atoms with Gasteiger partial charge < -0.3 is 5.32 Å². The van der Waals surface area contributed by atoms with E-state index in [1.807, 2.05) is 7.05 Å². The Bertz CT molecular complexity index is 369. The zero-order chi connectivity index (χ0) is 13.0. The van der Waals surface area contributed by atoms with Crippen molar-refractivity contribution in [2.75, 3.05) is 13.6 Å². The summed E-state index contributed by atoms with van der Waals surface area (Å²) in [5.41, 5.74) is 2.91. The van der Waals surface area contributed by atoms with Crippen LogP contribution in [0, 0.1) is 5.92 Å². The van der Waals surface area contributed by atoms with E-state index in [0.29, 0.717) is 6.04 Å². The first kappa shape index (κ1) is 13.6. The second kappa shape index (κ2) is 6.35. The molecule has 0 saturated heterocycles. The van der Waals surface area contributed by atoms with Crippen LogP contribution in [0.5, 0.6) is 0 Å². The highest BCUT2D eigenvalue weighted by Crippen LogP contribution is 2.31. The Morgan fingerprint density at radius 2 is 1.89 bits per heavy atom. The van der Waals surface area contributed by atoms with Crippen molar-refractivity contribution in [2.24, 2.45) is 5.92 Å². The number of benzene rings is 1. The number of hydrogen-bond donors (Lipinski definition) is 1. The van der Waals surface area contributed by atoms with E-state index in [-0.39, 0.29) is 0 Å². The minimum absolute atomic E-state index is 0.633. The second-order valence-corrected chi connectivity index (χ2v) is 5.77. The largest absolute Gasteiger partial charge is 0.316 e. The van der Waals surface area contributed by atoms with Crippen molar-refractivity contribution < 1.29 is 0 Å². The summed E-state index contributed by atoms with van der Waals surface area (Å²) in [5.74, 6) is 0.962. The lowest BCUT2D eigenvalue weighted by Gasteiger charge is -2.27. The fourth-order valence-electron chi connectivity index (χ4n) is 2.38. The molecule has 0 aliphatic heterocycles. The van der Waals surface area contributed by atoms with Crippen LogP contribution >= 0.6 is 0 Å². The average Bonchev–Trinajstić information content (AvgIpc) is 3.15. The van der Waals surface area contributed by atoms with Gasteiger partial charge >= 0.3 is 0 Å². The molecule has 2 heteroatoms. The third-order valence-electron chi connectivity index (χ3n) is 3.78. The maximum Gasteiger partial charge on any atom is 0.0239 e. The number of nitrogens with one attached hydrogen (secondary N) is 1. The van der Waals surface area contributed by atoms with Gasteiger partial charge in [-0.1, -0.05) is 24.3 Å². The zero-order valence-corrected chi connectivity index (χ0v) is 11.9. The van der Waals surface area contributed by atoms with E-state index < -0.39 is 0 Å². The van der Waals surface area contributed by atoms with Crippen LogP contribution < -0.4 is 5.32 Å². The molecule has 1 aliphatic rings. The second-order valence-electron chi connectivity index (χ2n) is 5.77. The smallest absolute Gasteiger partial charge is 0.0239 e. The SMILES string of the molecule is CNCc1ccccc1CN(CC1CC1)C(C)C. The van der Waals surface area contributed by atoms with Crippen molar-refractivity contribution in [3.05, 3.63) is 35.4 Å². The van der Waals surface area contributed by atoms with E-state index in [1.54, 1.807) is 0 Å². The molecule has 0 atom stereocenters. The summed E-state index contributed by atoms with van der Waals surface area (Å²) in [4.78, 5) is 2.62. The molecule has 1 saturated carbocycles. The fraction of sp³-hybridized carbons (Fsp3) is 0.625. The molecule has 2 rings (SSSR count). The number of hydrogen-bond acceptors (Lipinski definition) is 2. The van der Waals surface area contributed by atoms with Crippen molar-refractivity contribution in [1.29, 1.82) is 0 Å². The Morgan fingerprint density at radius 3 is 2.44 bits per heavy atom. The molecule has 0 radical (unpaired) electrons. The van der Waals surface area contributed by atoms with E-state index >= 15 is 0 Å². The predicted octanol–water partition coefficient (Wildman–Crippen LogP) is 3.03. The normalized spacial score (nSPS) is 15.6. The molecular weight excluding hydrogens is 220 g/mol. The standard InChI is InChI=1S/C16H26N2/c1-13(2)18(11-14-8-9-14)12-16-7-5-4-6-15(16)10-17-3/h4-7,13-14,17H,8-12H2,1-3H3. The van der Waals surface area contributed by atoms with E-state index in [1.165, 1.54) is 30.5 Å². The van der Waals surface area contributed by atoms with Gasteiger partial charge in [0.05, 0.1) is 0 Å². The summed E-state index contributed by atoms with van der Waals surface area (Å²) in [5, 5.41) is 3.26. The summed E-state index contributed by atoms with van der Waals surface area (Å²) in [7, 11) is 2.02. The van der Waals surface area contributed by atoms with Gasteiger partial charge in [0, 0.05) is 25.7 Å². The first-order valence-corrected chi connectivity index (χ1v) is 7.16. The van der Waals surface area contributed by atoms with Crippen LogP contribution in [0.15, 0.2) is 24.3 Å². The monoisotopic (exact) mass is 246 g/mol. The Labute approximate surface area is 111 Å². The molecule has 18 heavy (non-hydrogen) atoms. The van der Waals surface area contributed by atoms with E-state index in [4.69, 9.17) is 0 Å². The third-order valence-corrected chi connectivity index (χ3v) is 3.78. The highest BCUT2D eigenvalue weighted by atomic mass is 15.1. The molecular formula is C16H26N2. The quantitative estimate of drug-likeness (QED) is 0.795. The topological polar surface area (TPSA) is 15.3 Å². The number of nitrogens with zero attached hydrogens (tertiary/aromatic N) is 1. The summed E-state index contributed by atoms with van der Waals surface area (Å²) < 4.78 is 0. The maximum absolute atomic E-state index is 3.26. The highest BCUT2D eigenvalue weighted by molar-refractivity contribution is 5.27. The zero-order valence-electron chi connectivity index (χ0n) is 11.9. The molecule has 0 spiro atoms. The lowest BCUT2D eigenvalue weighted by atomic mass is 10.1. The Morgan fingerprint density at radius 1 is 1.22 bits per heavy atom. The van der Waals surface area contributed by atoms with Crippen LogP contribution in [0.4, 0.5) is 0 Å². The number of rotatable bonds is 7. The van der Waals surface area contributed by atoms with Gasteiger partial charge in [-0.2, -0.15) is 0 Å². The molecule has 0 unspecified atom stereocenters. The summed E-state index contributed by atoms with van der Waals surface area (Å²) in [6, 6.07) is 9.44. The molecule has 0 aromatic heterocycles. The van der Waals surface area contributed by atoms with E-state index in [9.17, 15) is 0 Å². The summed E-state index contributed by atoms with van der Waals surface area (Å²) >= 11 is 0. The molecule has 100 valence electrons. The Hall–Kier alpha value is -0.860. The lowest BCUT2D eigenvalue weighted by molar-refractivity contribution is 0.203. The van der Waals surface area contributed by atoms with Gasteiger partial charge in [0.2, 0.25) is 0 Å². The fourth-order valence-corrected chi connectivity index (χ4v) is 2.38. The first-order chi connectivity index (χ1) is 8.70. The maximum atomic E-state index is 3.26. The van der Waals surface area contributed by atoms with E-state index in [2.05, 4.69) is 48.3 Å². The first-order valence-electron chi connectivity index (χ1n) is 7.16. The molecule has 0 bridgehead atoms. The highest BCUT2D eigenvalue weighted by Gasteiger charge is 2.25. The molecule has 1 aromatic carbocycles. The van der Waals surface area contributed by atoms with Gasteiger partial charge in [0.1, 0.15) is 0 Å². The predicted molar refractivity (Wildman–Crippen MR) is 77.5 cm³/mol. The van der Waals surface area contributed by atoms with Crippen molar-refractivity contribution in [3.8, 4) is 0 Å². The van der Waals surface area contributed by atoms with Crippen molar-refractivity contribution in [3.63, 3.8) is 0 Å². The van der Waals surface area contributed by atoms with Gasteiger partial charge in [-0.25, -0.2) is 0 Å². The van der Waals surface area contributed by atoms with Gasteiger partial charge in [-0.3, -0.25) is 4.90 Å². The van der Waals surface area contributed by atoms with Gasteiger partial charge in [-0.05, 0) is 50.8 Å². The van der Waals surface area contributed by atoms with Crippen LogP contribution in [-0.2, 0) is 13.1 Å². The van der Waals surface area contributed by atoms with Gasteiger partial charge in [0.15, 0.2) is 0 Å². The van der Waals surface area contributed by atoms with Crippen molar-refractivity contribution in [2.45, 2.75) is 45.8 Å². The van der Waals surface area contributed by atoms with Gasteiger partial charge in [-0.15, -0.1) is 0 Å².